The number of hydrogen-bond acceptors (Lipinski definition) is 37. The molecule has 14 unspecified atom stereocenters. The predicted octanol–water partition coefficient (Wildman–Crippen LogP) is -13.3. The molecule has 1 saturated carbocycles. The average molecular weight is 1400 g/mol. The van der Waals surface area contributed by atoms with Crippen molar-refractivity contribution < 1.29 is 183 Å². The van der Waals surface area contributed by atoms with Crippen LogP contribution in [0.3, 0.4) is 0 Å². The Morgan fingerprint density at radius 3 is 1.57 bits per heavy atom. The molecule has 0 spiro atoms. The molecule has 7 aliphatic heterocycles. The summed E-state index contributed by atoms with van der Waals surface area (Å²) in [5.74, 6) is -11.3. The molecule has 22 N–H and O–H groups in total. The molecule has 0 bridgehead atoms. The maximum atomic E-state index is 12.7. The molecule has 8 fully saturated rings. The van der Waals surface area contributed by atoms with Crippen LogP contribution in [0.1, 0.15) is 53.9 Å². The van der Waals surface area contributed by atoms with Gasteiger partial charge in [-0.25, -0.2) is 0 Å². The Hall–Kier alpha value is -3.40. The minimum absolute atomic E-state index is 0.160. The lowest BCUT2D eigenvalue weighted by Crippen LogP contribution is -2.74. The molecule has 37 atom stereocenters. The van der Waals surface area contributed by atoms with E-state index >= 15 is 0 Å². The van der Waals surface area contributed by atoms with E-state index in [4.69, 9.17) is 66.3 Å². The lowest BCUT2D eigenvalue weighted by atomic mass is 9.68. The van der Waals surface area contributed by atoms with Gasteiger partial charge in [-0.15, -0.1) is 0 Å². The molecule has 7 saturated heterocycles. The van der Waals surface area contributed by atoms with Crippen LogP contribution in [0.25, 0.3) is 0 Å². The summed E-state index contributed by atoms with van der Waals surface area (Å²) in [5, 5.41) is 216. The van der Waals surface area contributed by atoms with Crippen LogP contribution in [0, 0.1) is 17.8 Å². The van der Waals surface area contributed by atoms with Crippen molar-refractivity contribution in [2.75, 3.05) is 46.2 Å². The lowest BCUT2D eigenvalue weighted by Gasteiger charge is -2.59. The van der Waals surface area contributed by atoms with Crippen LogP contribution in [-0.4, -0.2) is 375 Å². The highest BCUT2D eigenvalue weighted by Crippen LogP contribution is 2.52. The third-order valence-corrected chi connectivity index (χ3v) is 18.8. The smallest absolute Gasteiger partial charge is 0.334 e. The van der Waals surface area contributed by atoms with E-state index in [1.807, 2.05) is 0 Å². The van der Waals surface area contributed by atoms with Gasteiger partial charge in [-0.05, 0) is 13.3 Å². The van der Waals surface area contributed by atoms with Gasteiger partial charge < -0.3 is 175 Å². The second-order valence-corrected chi connectivity index (χ2v) is 25.4. The van der Waals surface area contributed by atoms with E-state index < -0.39 is 302 Å². The van der Waals surface area contributed by atoms with Crippen LogP contribution in [0.5, 0.6) is 0 Å². The van der Waals surface area contributed by atoms with Crippen molar-refractivity contribution in [3.8, 4) is 0 Å². The zero-order valence-corrected chi connectivity index (χ0v) is 52.7. The molecule has 0 aromatic heterocycles. The molecule has 96 heavy (non-hydrogen) atoms. The monoisotopic (exact) mass is 1400 g/mol. The topological polar surface area (TPSA) is 618 Å². The molecule has 3 amide bonds. The van der Waals surface area contributed by atoms with E-state index in [9.17, 15) is 116 Å². The van der Waals surface area contributed by atoms with Gasteiger partial charge >= 0.3 is 5.97 Å². The zero-order valence-electron chi connectivity index (χ0n) is 52.7. The fourth-order valence-corrected chi connectivity index (χ4v) is 13.5. The van der Waals surface area contributed by atoms with Crippen molar-refractivity contribution >= 4 is 24.2 Å². The number of hydrogen-bond donors (Lipinski definition) is 22. The third-order valence-electron chi connectivity index (χ3n) is 18.8. The van der Waals surface area contributed by atoms with Crippen LogP contribution in [0.4, 0.5) is 0 Å². The van der Waals surface area contributed by atoms with Gasteiger partial charge in [0.15, 0.2) is 37.2 Å². The number of aliphatic hydroxyl groups is 19. The first-order valence-corrected chi connectivity index (χ1v) is 31.4. The maximum absolute atomic E-state index is 12.7. The quantitative estimate of drug-likeness (QED) is 0.0268. The van der Waals surface area contributed by atoms with Crippen LogP contribution < -0.4 is 16.0 Å². The first-order chi connectivity index (χ1) is 45.3. The summed E-state index contributed by atoms with van der Waals surface area (Å²) < 4.78 is 81.8. The van der Waals surface area contributed by atoms with Gasteiger partial charge in [0.1, 0.15) is 122 Å². The summed E-state index contributed by atoms with van der Waals surface area (Å²) in [5.41, 5.74) is 0. The Bertz CT molecular complexity index is 2530. The van der Waals surface area contributed by atoms with Crippen molar-refractivity contribution in [1.82, 2.24) is 16.0 Å². The molecule has 0 aromatic carbocycles. The first kappa shape index (κ1) is 78.3. The second kappa shape index (κ2) is 33.2. The molecule has 0 radical (unpaired) electrons. The van der Waals surface area contributed by atoms with Gasteiger partial charge in [0.25, 0.3) is 6.47 Å². The molecular formula is C56H93N3O37. The van der Waals surface area contributed by atoms with Gasteiger partial charge in [-0.2, -0.15) is 0 Å². The Morgan fingerprint density at radius 2 is 1.02 bits per heavy atom. The van der Waals surface area contributed by atoms with E-state index in [-0.39, 0.29) is 12.9 Å². The highest BCUT2D eigenvalue weighted by molar-refractivity contribution is 5.74. The average Bonchev–Trinajstić information content (AvgIpc) is 0.715. The molecule has 40 nitrogen and oxygen atoms in total. The van der Waals surface area contributed by atoms with Gasteiger partial charge in [0.2, 0.25) is 17.7 Å². The van der Waals surface area contributed by atoms with Crippen molar-refractivity contribution in [3.05, 3.63) is 0 Å². The summed E-state index contributed by atoms with van der Waals surface area (Å²) in [4.78, 5) is 49.0. The highest BCUT2D eigenvalue weighted by Gasteiger charge is 2.68. The van der Waals surface area contributed by atoms with Crippen LogP contribution in [-0.2, 0) is 85.5 Å². The third kappa shape index (κ3) is 16.7. The summed E-state index contributed by atoms with van der Waals surface area (Å²) in [6, 6.07) is -4.30. The summed E-state index contributed by atoms with van der Waals surface area (Å²) in [6.45, 7) is 0.260. The first-order valence-electron chi connectivity index (χ1n) is 31.4. The number of fused-ring (bicyclic) bond motifs is 1. The normalized spacial score (nSPS) is 48.1. The van der Waals surface area contributed by atoms with Crippen molar-refractivity contribution in [2.24, 2.45) is 17.8 Å². The number of aliphatic hydroxyl groups excluding tert-OH is 18. The van der Waals surface area contributed by atoms with Crippen molar-refractivity contribution in [1.29, 1.82) is 0 Å². The van der Waals surface area contributed by atoms with Crippen molar-refractivity contribution in [2.45, 2.75) is 262 Å². The number of rotatable bonds is 27. The van der Waals surface area contributed by atoms with Crippen LogP contribution >= 0.6 is 0 Å². The molecule has 554 valence electrons. The predicted molar refractivity (Wildman–Crippen MR) is 301 cm³/mol. The zero-order chi connectivity index (χ0) is 70.7. The lowest BCUT2D eigenvalue weighted by molar-refractivity contribution is -0.506. The molecule has 7 heterocycles. The van der Waals surface area contributed by atoms with Gasteiger partial charge in [0, 0.05) is 39.0 Å². The maximum Gasteiger partial charge on any atom is 0.334 e. The van der Waals surface area contributed by atoms with E-state index in [2.05, 4.69) is 16.0 Å². The number of ether oxygens (including phenoxy) is 14. The number of carbonyl (C=O) groups is 4. The van der Waals surface area contributed by atoms with E-state index in [0.717, 1.165) is 13.8 Å². The standard InChI is InChI=1S/C56H93N3O37/c1-17-23(69)8-56(85-16-65,95-46(17)36(72)24(70)10-60)96-55(82)9-25-31(55)39(75)44(80)53(87-25)93-48-28(13-63)89-51(33(41(48)77)58-20(4)67)83-7-6-22-35(71)37(73)26(11-61)88-50(22)84-15-30-38(74)43(79)45(81)54(91-30)94-49-29(14-64)90-52(34(42(49)78)59-21(5)68)92-47-27(12-62)86-18(2)32(40(47)76)57-19(3)66/h16-18,22-54,60-64,69-82H,6-15H2,1-5H3,(H,57,66)(H,58,67)(H,59,68)/t17-,18+,22?,23-,24-,25?,26?,27?,28+,29?,30?,31+,32?,33?,34?,35-,36-,37-,38-,39+,40-,41?,42-,43+,44?,45?,46?,47-,48-,49-,50+,51-,52+,53+,54+,55?,56+/m1/s1. The van der Waals surface area contributed by atoms with E-state index in [1.54, 1.807) is 0 Å². The number of amides is 3. The molecular weight excluding hydrogens is 1310 g/mol. The number of nitrogens with one attached hydrogen (secondary N) is 3. The summed E-state index contributed by atoms with van der Waals surface area (Å²) >= 11 is 0. The SMILES string of the molecule is CC(=O)NC1C(O)[C@H](O[C@@H]2OC3CC(O)(O[C@]4(OC=O)C[C@@H](O)[C@@H](C)C([C@H](O)[C@H](O)CO)O4)[C@@H]3[C@H](O)C2O)[C@H](CO)O[C@H]1OCCC1[C@@H](OCC2O[C@@H](O[C@@H]3C(CO)O[C@@H](O[C@@H]4C(CO)O[C@@H](C)C(NC(C)=O)[C@H]4O)C(NC(C)=O)[C@H]3O)C(O)[C@@H](O)[C@@H]2O)OC(CO)[C@@H](O)[C@@H]1O. The molecule has 8 aliphatic rings. The molecule has 0 aromatic rings. The minimum Gasteiger partial charge on any atom is -0.410 e. The largest absolute Gasteiger partial charge is 0.410 e. The van der Waals surface area contributed by atoms with Crippen molar-refractivity contribution in [3.63, 3.8) is 0 Å². The van der Waals surface area contributed by atoms with Gasteiger partial charge in [-0.3, -0.25) is 23.9 Å². The van der Waals surface area contributed by atoms with E-state index in [0.29, 0.717) is 0 Å². The highest BCUT2D eigenvalue weighted by atomic mass is 16.9. The Kier molecular flexibility index (Phi) is 27.0. The number of carbonyl (C=O) groups excluding carboxylic acids is 4. The fraction of sp³-hybridized carbons (Fsp3) is 0.929. The Morgan fingerprint density at radius 1 is 0.542 bits per heavy atom. The van der Waals surface area contributed by atoms with Crippen LogP contribution in [0.15, 0.2) is 0 Å². The minimum atomic E-state index is -2.68. The van der Waals surface area contributed by atoms with Gasteiger partial charge in [-0.1, -0.05) is 6.92 Å². The fourth-order valence-electron chi connectivity index (χ4n) is 13.5. The van der Waals surface area contributed by atoms with Gasteiger partial charge in [0.05, 0.1) is 101 Å². The summed E-state index contributed by atoms with van der Waals surface area (Å²) in [6.07, 6.45) is -51.6. The molecule has 40 heteroatoms. The second-order valence-electron chi connectivity index (χ2n) is 25.4. The Balaban J connectivity index is 0.906. The summed E-state index contributed by atoms with van der Waals surface area (Å²) in [7, 11) is 0. The van der Waals surface area contributed by atoms with E-state index in [1.165, 1.54) is 20.8 Å². The van der Waals surface area contributed by atoms with Crippen LogP contribution in [0.2, 0.25) is 0 Å². The Labute approximate surface area is 547 Å². The molecule has 8 rings (SSSR count). The molecule has 1 aliphatic carbocycles.